The van der Waals surface area contributed by atoms with Crippen molar-refractivity contribution in [2.75, 3.05) is 21.3 Å². The Kier molecular flexibility index (Phi) is 16.5. The summed E-state index contributed by atoms with van der Waals surface area (Å²) in [6.45, 7) is 31.9. The Morgan fingerprint density at radius 2 is 1.23 bits per heavy atom. The first-order valence-electron chi connectivity index (χ1n) is 17.2. The first-order chi connectivity index (χ1) is 21.8. The van der Waals surface area contributed by atoms with E-state index in [4.69, 9.17) is 27.8 Å². The Morgan fingerprint density at radius 3 is 1.62 bits per heavy atom. The molecule has 0 saturated carbocycles. The molecular formula is C38H68O8Si2. The number of ether oxygens (including phenoxy) is 4. The molecule has 0 saturated heterocycles. The first-order valence-corrected chi connectivity index (χ1v) is 23.1. The number of rotatable bonds is 18. The zero-order valence-electron chi connectivity index (χ0n) is 33.4. The maximum absolute atomic E-state index is 13.5. The molecule has 0 unspecified atom stereocenters. The van der Waals surface area contributed by atoms with Gasteiger partial charge in [0.15, 0.2) is 22.7 Å². The highest BCUT2D eigenvalue weighted by molar-refractivity contribution is 6.74. The largest absolute Gasteiger partial charge is 0.497 e. The van der Waals surface area contributed by atoms with Gasteiger partial charge in [0.2, 0.25) is 0 Å². The van der Waals surface area contributed by atoms with Gasteiger partial charge in [-0.05, 0) is 73.4 Å². The third-order valence-corrected chi connectivity index (χ3v) is 19.6. The lowest BCUT2D eigenvalue weighted by Gasteiger charge is -2.45. The summed E-state index contributed by atoms with van der Waals surface area (Å²) in [6.07, 6.45) is -0.412. The lowest BCUT2D eigenvalue weighted by atomic mass is 9.81. The predicted molar refractivity (Wildman–Crippen MR) is 200 cm³/mol. The molecule has 0 aliphatic carbocycles. The maximum atomic E-state index is 13.5. The predicted octanol–water partition coefficient (Wildman–Crippen LogP) is 8.99. The summed E-state index contributed by atoms with van der Waals surface area (Å²) in [5.41, 5.74) is 1.96. The summed E-state index contributed by atoms with van der Waals surface area (Å²) < 4.78 is 37.7. The van der Waals surface area contributed by atoms with Crippen LogP contribution in [0.2, 0.25) is 36.3 Å². The Bertz CT molecular complexity index is 1200. The minimum atomic E-state index is -2.43. The van der Waals surface area contributed by atoms with Gasteiger partial charge in [-0.25, -0.2) is 4.79 Å². The van der Waals surface area contributed by atoms with Crippen LogP contribution >= 0.6 is 0 Å². The Balaban J connectivity index is 3.86. The van der Waals surface area contributed by atoms with Crippen molar-refractivity contribution in [1.82, 2.24) is 0 Å². The molecule has 7 atom stereocenters. The Morgan fingerprint density at radius 1 is 0.750 bits per heavy atom. The smallest absolute Gasteiger partial charge is 0.336 e. The second-order valence-corrected chi connectivity index (χ2v) is 26.0. The van der Waals surface area contributed by atoms with Gasteiger partial charge in [-0.1, -0.05) is 80.5 Å². The van der Waals surface area contributed by atoms with Crippen molar-refractivity contribution in [2.45, 2.75) is 143 Å². The van der Waals surface area contributed by atoms with Crippen LogP contribution in [-0.4, -0.2) is 74.1 Å². The van der Waals surface area contributed by atoms with Crippen molar-refractivity contribution in [1.29, 1.82) is 0 Å². The van der Waals surface area contributed by atoms with E-state index >= 15 is 0 Å². The van der Waals surface area contributed by atoms with Crippen LogP contribution < -0.4 is 4.74 Å². The minimum absolute atomic E-state index is 0.0510. The maximum Gasteiger partial charge on any atom is 0.336 e. The van der Waals surface area contributed by atoms with Gasteiger partial charge in [-0.15, -0.1) is 0 Å². The van der Waals surface area contributed by atoms with Crippen molar-refractivity contribution in [3.8, 4) is 5.75 Å². The summed E-state index contributed by atoms with van der Waals surface area (Å²) in [6, 6.07) is 7.80. The second kappa shape index (κ2) is 17.9. The lowest BCUT2D eigenvalue weighted by molar-refractivity contribution is -0.165. The third kappa shape index (κ3) is 11.9. The summed E-state index contributed by atoms with van der Waals surface area (Å²) in [5.74, 6) is -0.403. The molecule has 10 heteroatoms. The molecule has 276 valence electrons. The van der Waals surface area contributed by atoms with Crippen molar-refractivity contribution in [3.05, 3.63) is 41.5 Å². The molecule has 0 aromatic heterocycles. The van der Waals surface area contributed by atoms with Gasteiger partial charge >= 0.3 is 5.97 Å². The monoisotopic (exact) mass is 708 g/mol. The molecule has 48 heavy (non-hydrogen) atoms. The highest BCUT2D eigenvalue weighted by Gasteiger charge is 2.48. The summed E-state index contributed by atoms with van der Waals surface area (Å²) in [4.78, 5) is 25.8. The van der Waals surface area contributed by atoms with E-state index in [9.17, 15) is 9.59 Å². The Hall–Kier alpha value is -1.83. The molecule has 0 aliphatic rings. The molecule has 0 heterocycles. The van der Waals surface area contributed by atoms with Gasteiger partial charge in [0.1, 0.15) is 11.5 Å². The molecule has 8 nitrogen and oxygen atoms in total. The van der Waals surface area contributed by atoms with Crippen LogP contribution in [0.25, 0.3) is 0 Å². The molecule has 1 rings (SSSR count). The van der Waals surface area contributed by atoms with Gasteiger partial charge in [0.05, 0.1) is 39.1 Å². The lowest BCUT2D eigenvalue weighted by Crippen LogP contribution is -2.55. The summed E-state index contributed by atoms with van der Waals surface area (Å²) in [5, 5.41) is -0.194. The van der Waals surface area contributed by atoms with E-state index in [2.05, 4.69) is 81.6 Å². The number of hydrogen-bond acceptors (Lipinski definition) is 8. The number of carbonyl (C=O) groups excluding carboxylic acids is 2. The van der Waals surface area contributed by atoms with Gasteiger partial charge in [-0.3, -0.25) is 4.79 Å². The van der Waals surface area contributed by atoms with Crippen molar-refractivity contribution in [3.63, 3.8) is 0 Å². The normalized spacial score (nSPS) is 17.9. The van der Waals surface area contributed by atoms with E-state index in [1.165, 1.54) is 7.11 Å². The average Bonchev–Trinajstić information content (AvgIpc) is 2.98. The van der Waals surface area contributed by atoms with E-state index < -0.39 is 40.9 Å². The van der Waals surface area contributed by atoms with Crippen molar-refractivity contribution >= 4 is 28.4 Å². The number of hydrogen-bond donors (Lipinski definition) is 0. The van der Waals surface area contributed by atoms with Crippen LogP contribution in [-0.2, 0) is 39.3 Å². The number of Topliss-reactive ketones (excluding diaryl/α,β-unsaturated/α-hetero) is 1. The number of benzene rings is 1. The zero-order valence-corrected chi connectivity index (χ0v) is 35.4. The molecule has 0 N–H and O–H groups in total. The Labute approximate surface area is 294 Å². The highest BCUT2D eigenvalue weighted by Crippen LogP contribution is 2.42. The molecule has 0 radical (unpaired) electrons. The fourth-order valence-electron chi connectivity index (χ4n) is 5.25. The van der Waals surface area contributed by atoms with Crippen molar-refractivity contribution in [2.24, 2.45) is 17.8 Å². The van der Waals surface area contributed by atoms with Gasteiger partial charge in [-0.2, -0.15) is 0 Å². The number of allylic oxidation sites excluding steroid dienone is 1. The number of carbonyl (C=O) groups is 2. The van der Waals surface area contributed by atoms with E-state index in [-0.39, 0.29) is 39.7 Å². The van der Waals surface area contributed by atoms with Crippen LogP contribution in [0.5, 0.6) is 5.75 Å². The highest BCUT2D eigenvalue weighted by atomic mass is 28.4. The van der Waals surface area contributed by atoms with E-state index in [1.54, 1.807) is 21.1 Å². The van der Waals surface area contributed by atoms with Crippen LogP contribution in [0, 0.1) is 17.8 Å². The molecule has 0 amide bonds. The molecule has 0 aliphatic heterocycles. The van der Waals surface area contributed by atoms with Gasteiger partial charge in [0.25, 0.3) is 0 Å². The molecule has 0 fully saturated rings. The van der Waals surface area contributed by atoms with Crippen LogP contribution in [0.3, 0.4) is 0 Å². The zero-order chi connectivity index (χ0) is 37.4. The topological polar surface area (TPSA) is 89.5 Å². The molecule has 1 aromatic rings. The van der Waals surface area contributed by atoms with Crippen LogP contribution in [0.15, 0.2) is 35.9 Å². The molecule has 0 spiro atoms. The van der Waals surface area contributed by atoms with E-state index in [0.717, 1.165) is 16.9 Å². The number of esters is 1. The van der Waals surface area contributed by atoms with Crippen LogP contribution in [0.1, 0.15) is 81.7 Å². The minimum Gasteiger partial charge on any atom is -0.497 e. The van der Waals surface area contributed by atoms with Gasteiger partial charge < -0.3 is 27.8 Å². The van der Waals surface area contributed by atoms with Gasteiger partial charge in [0, 0.05) is 24.9 Å². The van der Waals surface area contributed by atoms with Crippen LogP contribution in [0.4, 0.5) is 0 Å². The molecule has 1 aromatic carbocycles. The average molecular weight is 709 g/mol. The van der Waals surface area contributed by atoms with Crippen molar-refractivity contribution < 1.29 is 37.4 Å². The third-order valence-electron chi connectivity index (χ3n) is 10.7. The van der Waals surface area contributed by atoms with E-state index in [1.807, 2.05) is 44.2 Å². The molecular weight excluding hydrogens is 641 g/mol. The first kappa shape index (κ1) is 44.2. The fraction of sp³-hybridized carbons (Fsp3) is 0.737. The second-order valence-electron chi connectivity index (χ2n) is 16.5. The standard InChI is InChI=1S/C38H68O8Si2/c1-25(29(5)39)23-26(2)32(45-47(15,16)37(6,7)8)27(3)33(44-24-30-19-21-31(41-12)22-20-30)28(4)34(42-13)35(36(40)43-14)46-48(17,18)38(9,10)11/h19-23,25,27-28,32-35H,24H2,1-18H3/b26-23+/t25-,27+,28+,32-,33-,34-,35+/m0/s1. The van der Waals surface area contributed by atoms with E-state index in [0.29, 0.717) is 6.61 Å². The number of methoxy groups -OCH3 is 3. The number of ketones is 1. The SMILES string of the molecule is COC(=O)[C@H](O[Si](C)(C)C(C)(C)C)[C@@H](OC)[C@H](C)[C@@H](OCc1ccc(OC)cc1)[C@H](C)[C@@H](O[Si](C)(C)C(C)(C)C)/C(C)=C/[C@H](C)C(C)=O. The summed E-state index contributed by atoms with van der Waals surface area (Å²) >= 11 is 0. The molecule has 0 bridgehead atoms. The quantitative estimate of drug-likeness (QED) is 0.0849. The summed E-state index contributed by atoms with van der Waals surface area (Å²) in [7, 11) is -0.0931. The fourth-order valence-corrected chi connectivity index (χ4v) is 7.85.